The van der Waals surface area contributed by atoms with Gasteiger partial charge in [-0.3, -0.25) is 0 Å². The third kappa shape index (κ3) is 3.87. The van der Waals surface area contributed by atoms with Crippen molar-refractivity contribution in [2.75, 3.05) is 11.9 Å². The molecule has 2 fully saturated rings. The Labute approximate surface area is 190 Å². The van der Waals surface area contributed by atoms with Crippen LogP contribution in [0.15, 0.2) is 30.6 Å². The fraction of sp³-hybridized carbons (Fsp3) is 0.455. The van der Waals surface area contributed by atoms with Crippen LogP contribution in [0, 0.1) is 11.3 Å². The van der Waals surface area contributed by atoms with Crippen molar-refractivity contribution < 1.29 is 9.50 Å². The van der Waals surface area contributed by atoms with Gasteiger partial charge in [-0.15, -0.1) is 15.3 Å². The van der Waals surface area contributed by atoms with E-state index in [0.29, 0.717) is 23.5 Å². The number of anilines is 1. The van der Waals surface area contributed by atoms with Crippen LogP contribution < -0.4 is 10.2 Å². The third-order valence-electron chi connectivity index (χ3n) is 6.69. The van der Waals surface area contributed by atoms with Crippen molar-refractivity contribution in [3.8, 4) is 28.9 Å². The molecule has 0 unspecified atom stereocenters. The van der Waals surface area contributed by atoms with Crippen LogP contribution >= 0.6 is 0 Å². The molecule has 1 aromatic carbocycles. The van der Waals surface area contributed by atoms with Gasteiger partial charge in [0.2, 0.25) is 0 Å². The van der Waals surface area contributed by atoms with Gasteiger partial charge in [-0.05, 0) is 44.7 Å². The number of aromatic nitrogens is 6. The molecule has 33 heavy (non-hydrogen) atoms. The zero-order chi connectivity index (χ0) is 23.2. The predicted octanol–water partition coefficient (Wildman–Crippen LogP) is 2.14. The zero-order valence-electron chi connectivity index (χ0n) is 18.4. The smallest absolute Gasteiger partial charge is 0.185 e. The summed E-state index contributed by atoms with van der Waals surface area (Å²) in [6.07, 6.45) is 5.61. The van der Waals surface area contributed by atoms with Gasteiger partial charge in [0, 0.05) is 24.7 Å². The van der Waals surface area contributed by atoms with Crippen LogP contribution in [0.25, 0.3) is 17.1 Å². The molecule has 2 aromatic heterocycles. The lowest BCUT2D eigenvalue weighted by Crippen LogP contribution is -2.66. The first-order valence-electron chi connectivity index (χ1n) is 10.9. The summed E-state index contributed by atoms with van der Waals surface area (Å²) >= 11 is 0. The number of alkyl halides is 1. The number of phenolic OH excluding ortho intramolecular Hbond substituents is 1. The molecule has 0 spiro atoms. The first kappa shape index (κ1) is 21.2. The monoisotopic (exact) mass is 449 g/mol. The maximum absolute atomic E-state index is 15.2. The van der Waals surface area contributed by atoms with Gasteiger partial charge in [-0.1, -0.05) is 5.21 Å². The highest BCUT2D eigenvalue weighted by molar-refractivity contribution is 5.66. The molecule has 10 nitrogen and oxygen atoms in total. The van der Waals surface area contributed by atoms with Crippen molar-refractivity contribution >= 4 is 5.82 Å². The topological polar surface area (TPSA) is 129 Å². The predicted molar refractivity (Wildman–Crippen MR) is 117 cm³/mol. The highest BCUT2D eigenvalue weighted by atomic mass is 19.1. The van der Waals surface area contributed by atoms with Gasteiger partial charge >= 0.3 is 0 Å². The summed E-state index contributed by atoms with van der Waals surface area (Å²) < 4.78 is 16.6. The van der Waals surface area contributed by atoms with Gasteiger partial charge in [-0.25, -0.2) is 14.1 Å². The SMILES string of the molecule is CN(c1cnc(-c2ccc(-n3cc(C#N)nn3)cc2O)nn1)[C@@H]1C[C@@]2(C)CCC[C@@H](N2)[C@@H]1F. The highest BCUT2D eigenvalue weighted by Gasteiger charge is 2.47. The normalized spacial score (nSPS) is 26.5. The summed E-state index contributed by atoms with van der Waals surface area (Å²) in [6.45, 7) is 2.16. The van der Waals surface area contributed by atoms with E-state index in [2.05, 4.69) is 37.7 Å². The second kappa shape index (κ2) is 8.04. The van der Waals surface area contributed by atoms with E-state index >= 15 is 4.39 Å². The third-order valence-corrected chi connectivity index (χ3v) is 6.69. The van der Waals surface area contributed by atoms with Gasteiger partial charge in [0.25, 0.3) is 0 Å². The second-order valence-electron chi connectivity index (χ2n) is 9.03. The maximum atomic E-state index is 15.2. The highest BCUT2D eigenvalue weighted by Crippen LogP contribution is 2.38. The first-order valence-corrected chi connectivity index (χ1v) is 10.9. The minimum Gasteiger partial charge on any atom is -0.507 e. The standard InChI is InChI=1S/C22H24FN9O/c1-22-7-3-4-16(26-22)20(23)17(9-22)31(2)19-11-25-21(29-28-19)15-6-5-14(8-18(15)33)32-12-13(10-24)27-30-32/h5-6,8,11-12,16-17,20,26,33H,3-4,7,9H2,1-2H3/t16-,17-,20+,22-/m1/s1. The first-order chi connectivity index (χ1) is 15.9. The van der Waals surface area contributed by atoms with Crippen molar-refractivity contribution in [1.29, 1.82) is 5.26 Å². The van der Waals surface area contributed by atoms with Crippen LogP contribution in [0.4, 0.5) is 10.2 Å². The van der Waals surface area contributed by atoms with Gasteiger partial charge in [0.15, 0.2) is 17.3 Å². The van der Waals surface area contributed by atoms with Gasteiger partial charge < -0.3 is 15.3 Å². The van der Waals surface area contributed by atoms with Crippen LogP contribution in [0.1, 0.15) is 38.3 Å². The lowest BCUT2D eigenvalue weighted by molar-refractivity contribution is 0.0607. The molecule has 4 atom stereocenters. The number of nitrogens with zero attached hydrogens (tertiary/aromatic N) is 8. The second-order valence-corrected chi connectivity index (χ2v) is 9.03. The Hall–Kier alpha value is -3.65. The van der Waals surface area contributed by atoms with E-state index in [0.717, 1.165) is 19.3 Å². The Bertz CT molecular complexity index is 1210. The van der Waals surface area contributed by atoms with E-state index in [-0.39, 0.29) is 34.9 Å². The summed E-state index contributed by atoms with van der Waals surface area (Å²) in [7, 11) is 1.83. The Balaban J connectivity index is 1.36. The van der Waals surface area contributed by atoms with E-state index in [4.69, 9.17) is 5.26 Å². The molecule has 170 valence electrons. The molecule has 0 amide bonds. The van der Waals surface area contributed by atoms with E-state index in [1.165, 1.54) is 16.9 Å². The minimum atomic E-state index is -1.00. The van der Waals surface area contributed by atoms with Crippen molar-refractivity contribution in [3.63, 3.8) is 0 Å². The number of rotatable bonds is 4. The quantitative estimate of drug-likeness (QED) is 0.615. The van der Waals surface area contributed by atoms with Crippen molar-refractivity contribution in [3.05, 3.63) is 36.3 Å². The number of piperidine rings is 2. The molecule has 5 rings (SSSR count). The number of halogens is 1. The average Bonchev–Trinajstić information content (AvgIpc) is 3.31. The maximum Gasteiger partial charge on any atom is 0.185 e. The molecule has 4 heterocycles. The van der Waals surface area contributed by atoms with E-state index < -0.39 is 6.17 Å². The molecule has 2 saturated heterocycles. The fourth-order valence-corrected chi connectivity index (χ4v) is 4.91. The zero-order valence-corrected chi connectivity index (χ0v) is 18.4. The number of benzene rings is 1. The molecule has 0 saturated carbocycles. The molecular formula is C22H24FN9O. The lowest BCUT2D eigenvalue weighted by Gasteiger charge is -2.51. The van der Waals surface area contributed by atoms with E-state index in [1.807, 2.05) is 18.0 Å². The Morgan fingerprint density at radius 1 is 1.33 bits per heavy atom. The van der Waals surface area contributed by atoms with E-state index in [9.17, 15) is 5.11 Å². The Kier molecular flexibility index (Phi) is 5.17. The van der Waals surface area contributed by atoms with Crippen molar-refractivity contribution in [1.82, 2.24) is 35.5 Å². The van der Waals surface area contributed by atoms with Crippen molar-refractivity contribution in [2.45, 2.75) is 56.4 Å². The van der Waals surface area contributed by atoms with Gasteiger partial charge in [-0.2, -0.15) is 5.26 Å². The summed E-state index contributed by atoms with van der Waals surface area (Å²) in [5, 5.41) is 38.9. The number of fused-ring (bicyclic) bond motifs is 2. The molecular weight excluding hydrogens is 425 g/mol. The molecule has 2 aliphatic heterocycles. The number of hydrogen-bond donors (Lipinski definition) is 2. The molecule has 2 N–H and O–H groups in total. The van der Waals surface area contributed by atoms with Gasteiger partial charge in [0.05, 0.1) is 29.7 Å². The summed E-state index contributed by atoms with van der Waals surface area (Å²) in [4.78, 5) is 6.19. The number of nitriles is 1. The van der Waals surface area contributed by atoms with Crippen molar-refractivity contribution in [2.24, 2.45) is 0 Å². The van der Waals surface area contributed by atoms with Crippen LogP contribution in [0.5, 0.6) is 5.75 Å². The van der Waals surface area contributed by atoms with Gasteiger partial charge in [0.1, 0.15) is 18.0 Å². The molecule has 11 heteroatoms. The summed E-state index contributed by atoms with van der Waals surface area (Å²) in [5.74, 6) is 0.670. The summed E-state index contributed by atoms with van der Waals surface area (Å²) in [5.41, 5.74) is 1.03. The molecule has 2 aliphatic rings. The number of aromatic hydroxyl groups is 1. The molecule has 2 bridgehead atoms. The Morgan fingerprint density at radius 3 is 2.88 bits per heavy atom. The van der Waals surface area contributed by atoms with Crippen LogP contribution in [-0.4, -0.2) is 66.1 Å². The molecule has 0 radical (unpaired) electrons. The molecule has 3 aromatic rings. The largest absolute Gasteiger partial charge is 0.507 e. The Morgan fingerprint density at radius 2 is 2.18 bits per heavy atom. The van der Waals surface area contributed by atoms with Crippen LogP contribution in [0.2, 0.25) is 0 Å². The summed E-state index contributed by atoms with van der Waals surface area (Å²) in [6, 6.07) is 6.29. The number of phenols is 1. The average molecular weight is 449 g/mol. The lowest BCUT2D eigenvalue weighted by atomic mass is 9.74. The van der Waals surface area contributed by atoms with Crippen LogP contribution in [0.3, 0.4) is 0 Å². The molecule has 0 aliphatic carbocycles. The van der Waals surface area contributed by atoms with Crippen LogP contribution in [-0.2, 0) is 0 Å². The number of nitrogens with one attached hydrogen (secondary N) is 1. The van der Waals surface area contributed by atoms with E-state index in [1.54, 1.807) is 18.3 Å². The fourth-order valence-electron chi connectivity index (χ4n) is 4.91. The number of hydrogen-bond acceptors (Lipinski definition) is 9. The minimum absolute atomic E-state index is 0.0626.